The second-order valence-corrected chi connectivity index (χ2v) is 10.0. The van der Waals surface area contributed by atoms with Crippen molar-refractivity contribution in [3.8, 4) is 0 Å². The third-order valence-corrected chi connectivity index (χ3v) is 7.98. The Morgan fingerprint density at radius 3 is 2.23 bits per heavy atom. The Balaban J connectivity index is 1.57. The zero-order valence-corrected chi connectivity index (χ0v) is 16.2. The number of sulfone groups is 1. The van der Waals surface area contributed by atoms with Crippen molar-refractivity contribution in [3.63, 3.8) is 0 Å². The van der Waals surface area contributed by atoms with E-state index in [1.165, 1.54) is 43.7 Å². The molecule has 2 N–H and O–H groups in total. The number of hydrogen-bond acceptors (Lipinski definition) is 2. The molecule has 0 aliphatic carbocycles. The first-order valence-electron chi connectivity index (χ1n) is 10.0. The summed E-state index contributed by atoms with van der Waals surface area (Å²) in [5.74, 6) is 0.282. The van der Waals surface area contributed by atoms with E-state index in [0.29, 0.717) is 4.90 Å². The van der Waals surface area contributed by atoms with Crippen LogP contribution in [-0.2, 0) is 9.84 Å². The molecule has 0 aromatic heterocycles. The summed E-state index contributed by atoms with van der Waals surface area (Å²) in [5.41, 5.74) is 0. The third-order valence-electron chi connectivity index (χ3n) is 6.17. The molecule has 0 unspecified atom stereocenters. The number of quaternary nitrogens is 2. The van der Waals surface area contributed by atoms with Gasteiger partial charge >= 0.3 is 0 Å². The van der Waals surface area contributed by atoms with Crippen molar-refractivity contribution in [1.82, 2.24) is 0 Å². The second kappa shape index (κ2) is 7.67. The van der Waals surface area contributed by atoms with Crippen LogP contribution in [0, 0.1) is 0 Å². The predicted octanol–water partition coefficient (Wildman–Crippen LogP) is 0.340. The fraction of sp³-hybridized carbons (Fsp3) is 0.524. The van der Waals surface area contributed by atoms with Crippen LogP contribution in [0.5, 0.6) is 0 Å². The van der Waals surface area contributed by atoms with Crippen molar-refractivity contribution in [1.29, 1.82) is 0 Å². The highest BCUT2D eigenvalue weighted by Gasteiger charge is 2.35. The Bertz CT molecular complexity index is 853. The molecule has 4 rings (SSSR count). The molecule has 140 valence electrons. The van der Waals surface area contributed by atoms with Gasteiger partial charge in [-0.2, -0.15) is 0 Å². The fourth-order valence-corrected chi connectivity index (χ4v) is 6.37. The summed E-state index contributed by atoms with van der Waals surface area (Å²) in [6, 6.07) is 13.8. The van der Waals surface area contributed by atoms with Crippen LogP contribution >= 0.6 is 0 Å². The van der Waals surface area contributed by atoms with Crippen LogP contribution in [0.4, 0.5) is 0 Å². The van der Waals surface area contributed by atoms with E-state index in [4.69, 9.17) is 0 Å². The fourth-order valence-electron chi connectivity index (χ4n) is 4.71. The molecule has 1 atom stereocenters. The Morgan fingerprint density at radius 2 is 1.50 bits per heavy atom. The Kier molecular flexibility index (Phi) is 5.30. The van der Waals surface area contributed by atoms with E-state index in [2.05, 4.69) is 0 Å². The minimum absolute atomic E-state index is 0.224. The van der Waals surface area contributed by atoms with Gasteiger partial charge in [0, 0.05) is 25.7 Å². The van der Waals surface area contributed by atoms with Gasteiger partial charge in [0.2, 0.25) is 0 Å². The highest BCUT2D eigenvalue weighted by molar-refractivity contribution is 7.91. The third kappa shape index (κ3) is 3.95. The molecule has 5 heteroatoms. The molecule has 0 saturated carbocycles. The molecule has 2 heterocycles. The van der Waals surface area contributed by atoms with Crippen LogP contribution in [0.3, 0.4) is 0 Å². The molecular formula is C21H30N2O2S+2. The lowest BCUT2D eigenvalue weighted by Gasteiger charge is -2.26. The lowest BCUT2D eigenvalue weighted by molar-refractivity contribution is -0.963. The molecule has 0 amide bonds. The Morgan fingerprint density at radius 1 is 0.846 bits per heavy atom. The van der Waals surface area contributed by atoms with Crippen LogP contribution in [0.2, 0.25) is 0 Å². The van der Waals surface area contributed by atoms with E-state index >= 15 is 0 Å². The van der Waals surface area contributed by atoms with Crippen LogP contribution in [-0.4, -0.2) is 52.9 Å². The molecule has 2 aliphatic rings. The Labute approximate surface area is 156 Å². The molecule has 0 bridgehead atoms. The monoisotopic (exact) mass is 374 g/mol. The summed E-state index contributed by atoms with van der Waals surface area (Å²) in [6.07, 6.45) is 5.04. The quantitative estimate of drug-likeness (QED) is 0.766. The van der Waals surface area contributed by atoms with Gasteiger partial charge in [0.15, 0.2) is 15.9 Å². The maximum atomic E-state index is 13.2. The summed E-state index contributed by atoms with van der Waals surface area (Å²) in [4.78, 5) is 3.59. The summed E-state index contributed by atoms with van der Waals surface area (Å²) in [5, 5.41) is 2.10. The zero-order chi connectivity index (χ0) is 18.0. The molecular weight excluding hydrogens is 344 g/mol. The highest BCUT2D eigenvalue weighted by atomic mass is 32.2. The van der Waals surface area contributed by atoms with E-state index in [1.54, 1.807) is 11.0 Å². The molecule has 2 aromatic rings. The number of rotatable bonds is 6. The molecule has 26 heavy (non-hydrogen) atoms. The number of nitrogens with one attached hydrogen (secondary N) is 2. The SMILES string of the molecule is O=S(=O)(C[C@H](C[NH+]1CCCC1)[NH+]1CCCC1)c1ccc2ccccc2c1. The summed E-state index contributed by atoms with van der Waals surface area (Å²) >= 11 is 0. The molecule has 0 radical (unpaired) electrons. The van der Waals surface area contributed by atoms with Crippen LogP contribution in [0.1, 0.15) is 25.7 Å². The van der Waals surface area contributed by atoms with Crippen molar-refractivity contribution in [2.45, 2.75) is 36.6 Å². The number of hydrogen-bond donors (Lipinski definition) is 2. The predicted molar refractivity (Wildman–Crippen MR) is 105 cm³/mol. The van der Waals surface area contributed by atoms with Crippen LogP contribution in [0.25, 0.3) is 10.8 Å². The first-order chi connectivity index (χ1) is 12.6. The normalized spacial score (nSPS) is 20.8. The van der Waals surface area contributed by atoms with E-state index in [9.17, 15) is 8.42 Å². The standard InChI is InChI=1S/C21H28N2O2S/c24-26(25,21-10-9-18-7-1-2-8-19(18)15-21)17-20(23-13-5-6-14-23)16-22-11-3-4-12-22/h1-2,7-10,15,20H,3-6,11-14,16-17H2/p+2/t20-/m0/s1. The second-order valence-electron chi connectivity index (χ2n) is 8.01. The number of fused-ring (bicyclic) bond motifs is 1. The van der Waals surface area contributed by atoms with Gasteiger partial charge < -0.3 is 9.80 Å². The smallest absolute Gasteiger partial charge is 0.184 e. The average Bonchev–Trinajstić information content (AvgIpc) is 3.34. The summed E-state index contributed by atoms with van der Waals surface area (Å²) < 4.78 is 26.4. The van der Waals surface area contributed by atoms with Gasteiger partial charge in [0.1, 0.15) is 12.3 Å². The van der Waals surface area contributed by atoms with Gasteiger partial charge in [-0.1, -0.05) is 30.3 Å². The lowest BCUT2D eigenvalue weighted by Crippen LogP contribution is -3.22. The maximum absolute atomic E-state index is 13.2. The van der Waals surface area contributed by atoms with E-state index in [1.807, 2.05) is 36.4 Å². The van der Waals surface area contributed by atoms with Crippen LogP contribution in [0.15, 0.2) is 47.4 Å². The lowest BCUT2D eigenvalue weighted by atomic mass is 10.1. The maximum Gasteiger partial charge on any atom is 0.184 e. The average molecular weight is 375 g/mol. The van der Waals surface area contributed by atoms with Gasteiger partial charge in [0.25, 0.3) is 0 Å². The molecule has 2 fully saturated rings. The number of benzene rings is 2. The van der Waals surface area contributed by atoms with Crippen molar-refractivity contribution < 1.29 is 18.2 Å². The van der Waals surface area contributed by atoms with Gasteiger partial charge in [-0.25, -0.2) is 8.42 Å². The van der Waals surface area contributed by atoms with Gasteiger partial charge in [0.05, 0.1) is 31.1 Å². The van der Waals surface area contributed by atoms with Crippen molar-refractivity contribution in [3.05, 3.63) is 42.5 Å². The molecule has 4 nitrogen and oxygen atoms in total. The largest absolute Gasteiger partial charge is 0.330 e. The van der Waals surface area contributed by atoms with Gasteiger partial charge in [-0.15, -0.1) is 0 Å². The van der Waals surface area contributed by atoms with E-state index in [-0.39, 0.29) is 11.8 Å². The van der Waals surface area contributed by atoms with Gasteiger partial charge in [-0.05, 0) is 22.9 Å². The van der Waals surface area contributed by atoms with Gasteiger partial charge in [-0.3, -0.25) is 0 Å². The first kappa shape index (κ1) is 18.0. The molecule has 2 saturated heterocycles. The van der Waals surface area contributed by atoms with Crippen LogP contribution < -0.4 is 9.80 Å². The van der Waals surface area contributed by atoms with Crippen molar-refractivity contribution in [2.24, 2.45) is 0 Å². The topological polar surface area (TPSA) is 43.0 Å². The molecule has 2 aliphatic heterocycles. The zero-order valence-electron chi connectivity index (χ0n) is 15.4. The van der Waals surface area contributed by atoms with E-state index in [0.717, 1.165) is 30.4 Å². The minimum Gasteiger partial charge on any atom is -0.330 e. The Hall–Kier alpha value is -1.43. The van der Waals surface area contributed by atoms with Crippen molar-refractivity contribution in [2.75, 3.05) is 38.5 Å². The first-order valence-corrected chi connectivity index (χ1v) is 11.7. The van der Waals surface area contributed by atoms with Crippen molar-refractivity contribution >= 4 is 20.6 Å². The summed E-state index contributed by atoms with van der Waals surface area (Å²) in [7, 11) is -3.26. The summed E-state index contributed by atoms with van der Waals surface area (Å²) in [6.45, 7) is 5.68. The minimum atomic E-state index is -3.26. The van der Waals surface area contributed by atoms with E-state index < -0.39 is 9.84 Å². The number of likely N-dealkylation sites (tertiary alicyclic amines) is 2. The molecule has 0 spiro atoms. The highest BCUT2D eigenvalue weighted by Crippen LogP contribution is 2.20. The molecule has 2 aromatic carbocycles.